The number of hydrogen-bond donors (Lipinski definition) is 3. The summed E-state index contributed by atoms with van der Waals surface area (Å²) < 4.78 is 24.2. The lowest BCUT2D eigenvalue weighted by Gasteiger charge is -2.15. The zero-order valence-corrected chi connectivity index (χ0v) is 19.6. The molecule has 2 unspecified atom stereocenters. The molecule has 0 saturated heterocycles. The Balaban J connectivity index is 1.34. The maximum Gasteiger partial charge on any atom is 0.408 e. The van der Waals surface area contributed by atoms with E-state index in [1.807, 2.05) is 0 Å². The minimum Gasteiger partial charge on any atom is -0.480 e. The van der Waals surface area contributed by atoms with Gasteiger partial charge in [-0.15, -0.1) is 0 Å². The molecule has 10 heteroatoms. The Labute approximate surface area is 206 Å². The summed E-state index contributed by atoms with van der Waals surface area (Å²) in [6.45, 7) is 1.62. The van der Waals surface area contributed by atoms with Crippen molar-refractivity contribution in [1.29, 1.82) is 0 Å². The molecule has 0 aliphatic heterocycles. The minimum absolute atomic E-state index is 0.0470. The van der Waals surface area contributed by atoms with Crippen molar-refractivity contribution in [2.75, 3.05) is 0 Å². The van der Waals surface area contributed by atoms with E-state index in [-0.39, 0.29) is 12.1 Å². The second-order valence-electron chi connectivity index (χ2n) is 8.73. The molecule has 36 heavy (non-hydrogen) atoms. The average Bonchev–Trinajstić information content (AvgIpc) is 3.56. The van der Waals surface area contributed by atoms with E-state index >= 15 is 0 Å². The fourth-order valence-corrected chi connectivity index (χ4v) is 3.79. The largest absolute Gasteiger partial charge is 0.480 e. The Bertz CT molecular complexity index is 1240. The molecule has 0 bridgehead atoms. The highest BCUT2D eigenvalue weighted by atomic mass is 19.1. The number of alkyl carbamates (subject to hydrolysis) is 1. The molecule has 1 aromatic heterocycles. The summed E-state index contributed by atoms with van der Waals surface area (Å²) in [4.78, 5) is 36.2. The van der Waals surface area contributed by atoms with E-state index in [9.17, 15) is 23.9 Å². The first kappa shape index (κ1) is 24.9. The number of carbonyl (C=O) groups excluding carboxylic acids is 2. The number of hydrogen-bond acceptors (Lipinski definition) is 6. The van der Waals surface area contributed by atoms with Crippen molar-refractivity contribution in [3.05, 3.63) is 77.3 Å². The number of carboxylic acid groups (broad SMARTS) is 1. The van der Waals surface area contributed by atoms with Gasteiger partial charge in [-0.25, -0.2) is 14.0 Å². The lowest BCUT2D eigenvalue weighted by molar-refractivity contribution is -0.139. The van der Waals surface area contributed by atoms with Crippen molar-refractivity contribution in [1.82, 2.24) is 15.8 Å². The van der Waals surface area contributed by atoms with Crippen LogP contribution >= 0.6 is 0 Å². The molecule has 4 rings (SSSR count). The van der Waals surface area contributed by atoms with Crippen LogP contribution in [0.5, 0.6) is 0 Å². The van der Waals surface area contributed by atoms with Gasteiger partial charge in [0.15, 0.2) is 0 Å². The second-order valence-corrected chi connectivity index (χ2v) is 8.73. The van der Waals surface area contributed by atoms with Gasteiger partial charge in [0.05, 0.1) is 6.54 Å². The summed E-state index contributed by atoms with van der Waals surface area (Å²) in [5, 5.41) is 18.5. The van der Waals surface area contributed by atoms with E-state index in [4.69, 9.17) is 9.26 Å². The van der Waals surface area contributed by atoms with Gasteiger partial charge in [0.2, 0.25) is 0 Å². The maximum absolute atomic E-state index is 13.9. The molecule has 188 valence electrons. The molecule has 3 aromatic rings. The molecule has 2 aromatic carbocycles. The van der Waals surface area contributed by atoms with Gasteiger partial charge in [0.25, 0.3) is 5.91 Å². The van der Waals surface area contributed by atoms with Gasteiger partial charge in [0, 0.05) is 22.3 Å². The van der Waals surface area contributed by atoms with E-state index in [0.717, 1.165) is 12.8 Å². The van der Waals surface area contributed by atoms with Crippen LogP contribution in [0.1, 0.15) is 53.8 Å². The van der Waals surface area contributed by atoms with Gasteiger partial charge < -0.3 is 25.0 Å². The number of ether oxygens (including phenoxy) is 1. The SMILES string of the molecule is CC(OC(=O)NCc1conc1-c1ccc(C(=O)NC(CC2CC2)C(=O)O)cc1)c1ccccc1F. The van der Waals surface area contributed by atoms with Crippen molar-refractivity contribution in [3.8, 4) is 11.3 Å². The van der Waals surface area contributed by atoms with E-state index in [0.29, 0.717) is 34.7 Å². The standard InChI is InChI=1S/C26H26FN3O6/c1-15(20-4-2-3-5-21(20)27)36-26(34)28-13-19-14-35-30-23(19)17-8-10-18(11-9-17)24(31)29-22(25(32)33)12-16-6-7-16/h2-5,8-11,14-16,22H,6-7,12-13H2,1H3,(H,28,34)(H,29,31)(H,32,33). The van der Waals surface area contributed by atoms with Crippen molar-refractivity contribution < 1.29 is 33.1 Å². The number of aromatic nitrogens is 1. The van der Waals surface area contributed by atoms with Crippen LogP contribution in [-0.2, 0) is 16.1 Å². The summed E-state index contributed by atoms with van der Waals surface area (Å²) in [7, 11) is 0. The van der Waals surface area contributed by atoms with Crippen LogP contribution in [0.15, 0.2) is 59.3 Å². The first-order valence-corrected chi connectivity index (χ1v) is 11.6. The van der Waals surface area contributed by atoms with Crippen molar-refractivity contribution in [2.45, 2.75) is 44.9 Å². The summed E-state index contributed by atoms with van der Waals surface area (Å²) in [6, 6.07) is 11.6. The fraction of sp³-hybridized carbons (Fsp3) is 0.308. The van der Waals surface area contributed by atoms with Crippen molar-refractivity contribution >= 4 is 18.0 Å². The van der Waals surface area contributed by atoms with Gasteiger partial charge in [-0.1, -0.05) is 48.3 Å². The molecule has 9 nitrogen and oxygen atoms in total. The smallest absolute Gasteiger partial charge is 0.408 e. The third-order valence-electron chi connectivity index (χ3n) is 5.98. The van der Waals surface area contributed by atoms with Crippen LogP contribution in [0.4, 0.5) is 9.18 Å². The monoisotopic (exact) mass is 495 g/mol. The Morgan fingerprint density at radius 2 is 1.89 bits per heavy atom. The van der Waals surface area contributed by atoms with Gasteiger partial charge in [-0.2, -0.15) is 0 Å². The highest BCUT2D eigenvalue weighted by Gasteiger charge is 2.30. The number of benzene rings is 2. The first-order chi connectivity index (χ1) is 17.3. The third-order valence-corrected chi connectivity index (χ3v) is 5.98. The fourth-order valence-electron chi connectivity index (χ4n) is 3.79. The number of rotatable bonds is 10. The average molecular weight is 496 g/mol. The lowest BCUT2D eigenvalue weighted by atomic mass is 10.0. The normalized spacial score (nSPS) is 14.5. The number of aliphatic carboxylic acids is 1. The molecule has 1 aliphatic carbocycles. The molecule has 0 spiro atoms. The first-order valence-electron chi connectivity index (χ1n) is 11.6. The third kappa shape index (κ3) is 6.26. The Morgan fingerprint density at radius 3 is 2.56 bits per heavy atom. The van der Waals surface area contributed by atoms with Crippen molar-refractivity contribution in [3.63, 3.8) is 0 Å². The molecular weight excluding hydrogens is 469 g/mol. The Morgan fingerprint density at radius 1 is 1.17 bits per heavy atom. The summed E-state index contributed by atoms with van der Waals surface area (Å²) in [5.41, 5.74) is 2.25. The van der Waals surface area contributed by atoms with Crippen LogP contribution in [0, 0.1) is 11.7 Å². The number of carboxylic acids is 1. The number of nitrogens with zero attached hydrogens (tertiary/aromatic N) is 1. The van der Waals surface area contributed by atoms with Crippen LogP contribution in [0.25, 0.3) is 11.3 Å². The van der Waals surface area contributed by atoms with Crippen LogP contribution < -0.4 is 10.6 Å². The quantitative estimate of drug-likeness (QED) is 0.379. The molecule has 2 atom stereocenters. The molecule has 1 saturated carbocycles. The Hall–Kier alpha value is -4.21. The number of halogens is 1. The topological polar surface area (TPSA) is 131 Å². The predicted molar refractivity (Wildman–Crippen MR) is 126 cm³/mol. The predicted octanol–water partition coefficient (Wildman–Crippen LogP) is 4.45. The highest BCUT2D eigenvalue weighted by Crippen LogP contribution is 2.33. The summed E-state index contributed by atoms with van der Waals surface area (Å²) in [6.07, 6.45) is 2.28. The van der Waals surface area contributed by atoms with E-state index in [1.165, 1.54) is 12.3 Å². The lowest BCUT2D eigenvalue weighted by Crippen LogP contribution is -2.41. The van der Waals surface area contributed by atoms with E-state index in [2.05, 4.69) is 15.8 Å². The molecule has 1 heterocycles. The molecule has 1 aliphatic rings. The Kier molecular flexibility index (Phi) is 7.62. The van der Waals surface area contributed by atoms with Crippen LogP contribution in [0.2, 0.25) is 0 Å². The van der Waals surface area contributed by atoms with Crippen LogP contribution in [-0.4, -0.2) is 34.3 Å². The molecule has 0 radical (unpaired) electrons. The summed E-state index contributed by atoms with van der Waals surface area (Å²) >= 11 is 0. The summed E-state index contributed by atoms with van der Waals surface area (Å²) in [5.74, 6) is -1.62. The molecule has 1 fully saturated rings. The molecule has 2 amide bonds. The minimum atomic E-state index is -1.05. The second kappa shape index (κ2) is 11.0. The highest BCUT2D eigenvalue weighted by molar-refractivity contribution is 5.97. The van der Waals surface area contributed by atoms with Crippen molar-refractivity contribution in [2.24, 2.45) is 5.92 Å². The van der Waals surface area contributed by atoms with Gasteiger partial charge in [-0.05, 0) is 37.5 Å². The number of nitrogens with one attached hydrogen (secondary N) is 2. The molecule has 3 N–H and O–H groups in total. The van der Waals surface area contributed by atoms with E-state index in [1.54, 1.807) is 49.4 Å². The van der Waals surface area contributed by atoms with Crippen LogP contribution in [0.3, 0.4) is 0 Å². The number of carbonyl (C=O) groups is 3. The zero-order chi connectivity index (χ0) is 25.7. The van der Waals surface area contributed by atoms with E-state index < -0.39 is 35.9 Å². The molecular formula is C26H26FN3O6. The maximum atomic E-state index is 13.9. The van der Waals surface area contributed by atoms with Gasteiger partial charge >= 0.3 is 12.1 Å². The number of amides is 2. The van der Waals surface area contributed by atoms with Gasteiger partial charge in [0.1, 0.15) is 29.9 Å². The van der Waals surface area contributed by atoms with Gasteiger partial charge in [-0.3, -0.25) is 4.79 Å². The zero-order valence-electron chi connectivity index (χ0n) is 19.6.